The Morgan fingerprint density at radius 3 is 2.32 bits per heavy atom. The summed E-state index contributed by atoms with van der Waals surface area (Å²) < 4.78 is 14.2. The van der Waals surface area contributed by atoms with Gasteiger partial charge in [-0.2, -0.15) is 10.2 Å². The molecule has 3 rings (SSSR count). The average Bonchev–Trinajstić information content (AvgIpc) is 3.14. The van der Waals surface area contributed by atoms with Gasteiger partial charge in [-0.05, 0) is 39.7 Å². The van der Waals surface area contributed by atoms with Crippen LogP contribution >= 0.6 is 21.8 Å². The van der Waals surface area contributed by atoms with Crippen LogP contribution in [-0.2, 0) is 4.74 Å². The van der Waals surface area contributed by atoms with Crippen LogP contribution in [-0.4, -0.2) is 60.5 Å². The lowest BCUT2D eigenvalue weighted by Crippen LogP contribution is -2.46. The number of hydrogen-bond donors (Lipinski definition) is 0. The molecule has 34 heavy (non-hydrogen) atoms. The summed E-state index contributed by atoms with van der Waals surface area (Å²) >= 11 is 6.87. The van der Waals surface area contributed by atoms with Crippen molar-refractivity contribution in [2.75, 3.05) is 13.1 Å². The van der Waals surface area contributed by atoms with E-state index in [9.17, 15) is 4.79 Å². The molecule has 2 aromatic rings. The summed E-state index contributed by atoms with van der Waals surface area (Å²) in [6, 6.07) is 2.07. The quantitative estimate of drug-likeness (QED) is 0.409. The van der Waals surface area contributed by atoms with Gasteiger partial charge >= 0.3 is 6.09 Å². The minimum absolute atomic E-state index is 0.146. The Kier molecular flexibility index (Phi) is 8.08. The summed E-state index contributed by atoms with van der Waals surface area (Å²) in [5, 5.41) is 3.00. The molecule has 3 heterocycles. The Hall–Kier alpha value is -1.60. The Morgan fingerprint density at radius 2 is 1.76 bits per heavy atom. The van der Waals surface area contributed by atoms with Gasteiger partial charge in [-0.3, -0.25) is 3.97 Å². The highest BCUT2D eigenvalue weighted by Crippen LogP contribution is 2.62. The number of nitrogens with zero attached hydrogens (tertiary/aromatic N) is 3. The van der Waals surface area contributed by atoms with E-state index in [0.29, 0.717) is 39.6 Å². The van der Waals surface area contributed by atoms with Crippen LogP contribution in [0.3, 0.4) is 0 Å². The highest BCUT2D eigenvalue weighted by Gasteiger charge is 2.38. The minimum Gasteiger partial charge on any atom is -0.485 e. The first-order valence-corrected chi connectivity index (χ1v) is 14.5. The van der Waals surface area contributed by atoms with Crippen molar-refractivity contribution in [3.63, 3.8) is 0 Å². The molecule has 0 aliphatic carbocycles. The predicted molar refractivity (Wildman–Crippen MR) is 145 cm³/mol. The van der Waals surface area contributed by atoms with Gasteiger partial charge in [-0.1, -0.05) is 53.1 Å². The highest BCUT2D eigenvalue weighted by atomic mass is 35.5. The second kappa shape index (κ2) is 10.2. The third-order valence-electron chi connectivity index (χ3n) is 6.51. The van der Waals surface area contributed by atoms with Gasteiger partial charge in [0.05, 0.1) is 17.8 Å². The summed E-state index contributed by atoms with van der Waals surface area (Å²) in [7, 11) is -1.20. The van der Waals surface area contributed by atoms with E-state index < -0.39 is 15.8 Å². The van der Waals surface area contributed by atoms with Gasteiger partial charge in [0.1, 0.15) is 17.4 Å². The van der Waals surface area contributed by atoms with Crippen molar-refractivity contribution >= 4 is 38.9 Å². The summed E-state index contributed by atoms with van der Waals surface area (Å²) in [4.78, 5) is 19.1. The van der Waals surface area contributed by atoms with E-state index >= 15 is 0 Å². The molecule has 8 heteroatoms. The molecule has 6 nitrogen and oxygen atoms in total. The van der Waals surface area contributed by atoms with Crippen molar-refractivity contribution in [2.24, 2.45) is 0 Å². The number of carbonyl (C=O) groups excluding carboxylic acids is 1. The standard InChI is InChI=1S/C26H42ClN3O3S/c1-17(2)34(18(3)4,19(5)6)30-14-12-21-23(27)22(15-28-24(21)30)32-20-11-10-13-29(16-20)25(31)33-26(7,8)9/h12,14-15,17-20H,10-11,13,16H2,1-9H3. The summed E-state index contributed by atoms with van der Waals surface area (Å²) in [6.07, 6.45) is 5.18. The molecular weight excluding hydrogens is 470 g/mol. The van der Waals surface area contributed by atoms with E-state index in [2.05, 4.69) is 57.8 Å². The molecule has 1 aliphatic heterocycles. The average molecular weight is 512 g/mol. The number of amides is 1. The largest absolute Gasteiger partial charge is 0.485 e. The monoisotopic (exact) mass is 511 g/mol. The Bertz CT molecular complexity index is 991. The summed E-state index contributed by atoms with van der Waals surface area (Å²) in [6.45, 7) is 20.7. The van der Waals surface area contributed by atoms with Crippen LogP contribution in [0.4, 0.5) is 4.79 Å². The van der Waals surface area contributed by atoms with Crippen molar-refractivity contribution in [3.8, 4) is 5.75 Å². The first-order chi connectivity index (χ1) is 15.8. The number of likely N-dealkylation sites (tertiary alicyclic amines) is 1. The fourth-order valence-electron chi connectivity index (χ4n) is 5.37. The number of piperidine rings is 1. The second-order valence-corrected chi connectivity index (χ2v) is 16.0. The number of halogens is 1. The Balaban J connectivity index is 1.88. The van der Waals surface area contributed by atoms with Crippen LogP contribution in [0.15, 0.2) is 18.5 Å². The SMILES string of the molecule is CC(C)S(C(C)C)(C(C)C)n1ccc2c(Cl)c(OC3CCCN(C(=O)OC(C)(C)C)C3)cnc21. The van der Waals surface area contributed by atoms with Crippen molar-refractivity contribution in [1.82, 2.24) is 13.9 Å². The van der Waals surface area contributed by atoms with Crippen LogP contribution in [0, 0.1) is 0 Å². The first-order valence-electron chi connectivity index (χ1n) is 12.4. The maximum Gasteiger partial charge on any atom is 0.410 e. The van der Waals surface area contributed by atoms with E-state index in [-0.39, 0.29) is 12.2 Å². The Labute approximate surface area is 211 Å². The van der Waals surface area contributed by atoms with Crippen LogP contribution < -0.4 is 4.74 Å². The zero-order chi connectivity index (χ0) is 25.4. The number of ether oxygens (including phenoxy) is 2. The first kappa shape index (κ1) is 27.0. The zero-order valence-corrected chi connectivity index (χ0v) is 23.8. The molecule has 0 bridgehead atoms. The number of rotatable bonds is 6. The molecule has 0 N–H and O–H groups in total. The van der Waals surface area contributed by atoms with Gasteiger partial charge in [-0.25, -0.2) is 9.78 Å². The molecule has 0 saturated carbocycles. The van der Waals surface area contributed by atoms with Gasteiger partial charge in [0, 0.05) is 33.9 Å². The molecule has 0 radical (unpaired) electrons. The van der Waals surface area contributed by atoms with Crippen molar-refractivity contribution in [2.45, 2.75) is 103 Å². The van der Waals surface area contributed by atoms with E-state index in [1.807, 2.05) is 20.8 Å². The maximum absolute atomic E-state index is 12.5. The molecule has 1 amide bonds. The molecular formula is C26H42ClN3O3S. The fraction of sp³-hybridized carbons (Fsp3) is 0.692. The number of aromatic nitrogens is 2. The van der Waals surface area contributed by atoms with E-state index in [0.717, 1.165) is 23.9 Å². The van der Waals surface area contributed by atoms with E-state index in [4.69, 9.17) is 26.1 Å². The van der Waals surface area contributed by atoms with Crippen LogP contribution in [0.2, 0.25) is 5.02 Å². The Morgan fingerprint density at radius 1 is 1.15 bits per heavy atom. The molecule has 1 atom stereocenters. The van der Waals surface area contributed by atoms with Crippen LogP contribution in [0.25, 0.3) is 11.0 Å². The molecule has 1 fully saturated rings. The molecule has 0 aromatic carbocycles. The molecule has 1 unspecified atom stereocenters. The van der Waals surface area contributed by atoms with Crippen molar-refractivity contribution in [1.29, 1.82) is 0 Å². The minimum atomic E-state index is -1.20. The number of fused-ring (bicyclic) bond motifs is 1. The van der Waals surface area contributed by atoms with Gasteiger partial charge in [0.2, 0.25) is 0 Å². The van der Waals surface area contributed by atoms with Crippen LogP contribution in [0.1, 0.15) is 75.2 Å². The third kappa shape index (κ3) is 5.15. The fourth-order valence-corrected chi connectivity index (χ4v) is 11.0. The van der Waals surface area contributed by atoms with Gasteiger partial charge < -0.3 is 14.4 Å². The summed E-state index contributed by atoms with van der Waals surface area (Å²) in [5.74, 6) is 0.571. The third-order valence-corrected chi connectivity index (χ3v) is 12.4. The van der Waals surface area contributed by atoms with Gasteiger partial charge in [0.15, 0.2) is 5.75 Å². The molecule has 1 saturated heterocycles. The maximum atomic E-state index is 12.5. The zero-order valence-electron chi connectivity index (χ0n) is 22.2. The topological polar surface area (TPSA) is 56.6 Å². The lowest BCUT2D eigenvalue weighted by Gasteiger charge is -2.52. The molecule has 192 valence electrons. The van der Waals surface area contributed by atoms with Gasteiger partial charge in [0.25, 0.3) is 0 Å². The molecule has 2 aromatic heterocycles. The smallest absolute Gasteiger partial charge is 0.410 e. The lowest BCUT2D eigenvalue weighted by atomic mass is 10.1. The highest BCUT2D eigenvalue weighted by molar-refractivity contribution is 8.33. The van der Waals surface area contributed by atoms with Gasteiger partial charge in [-0.15, -0.1) is 0 Å². The number of hydrogen-bond acceptors (Lipinski definition) is 4. The predicted octanol–water partition coefficient (Wildman–Crippen LogP) is 7.26. The van der Waals surface area contributed by atoms with Crippen LogP contribution in [0.5, 0.6) is 5.75 Å². The summed E-state index contributed by atoms with van der Waals surface area (Å²) in [5.41, 5.74) is 0.401. The molecule has 0 spiro atoms. The number of pyridine rings is 1. The number of carbonyl (C=O) groups is 1. The normalized spacial score (nSPS) is 18.3. The van der Waals surface area contributed by atoms with Crippen molar-refractivity contribution in [3.05, 3.63) is 23.5 Å². The molecule has 1 aliphatic rings. The van der Waals surface area contributed by atoms with Crippen molar-refractivity contribution < 1.29 is 14.3 Å². The van der Waals surface area contributed by atoms with E-state index in [1.54, 1.807) is 11.1 Å². The second-order valence-electron chi connectivity index (χ2n) is 11.0. The lowest BCUT2D eigenvalue weighted by molar-refractivity contribution is 0.00775. The van der Waals surface area contributed by atoms with E-state index in [1.165, 1.54) is 0 Å².